The van der Waals surface area contributed by atoms with Crippen molar-refractivity contribution in [3.05, 3.63) is 0 Å². The molecular weight excluding hydrogens is 190 g/mol. The Morgan fingerprint density at radius 3 is 2.67 bits per heavy atom. The van der Waals surface area contributed by atoms with Gasteiger partial charge in [0.15, 0.2) is 0 Å². The second kappa shape index (κ2) is 6.11. The average molecular weight is 213 g/mol. The molecule has 1 N–H and O–H groups in total. The highest BCUT2D eigenvalue weighted by molar-refractivity contribution is 5.66. The molecular formula is C12H23NO2. The van der Waals surface area contributed by atoms with Crippen LogP contribution in [0.1, 0.15) is 39.5 Å². The SMILES string of the molecule is CCC1CN(CCC(C)CCC(=O)O)C1. The number of hydrogen-bond acceptors (Lipinski definition) is 2. The highest BCUT2D eigenvalue weighted by atomic mass is 16.4. The maximum Gasteiger partial charge on any atom is 0.303 e. The number of aliphatic carboxylic acids is 1. The molecule has 1 heterocycles. The molecule has 1 saturated heterocycles. The van der Waals surface area contributed by atoms with Gasteiger partial charge in [-0.05, 0) is 31.2 Å². The van der Waals surface area contributed by atoms with Gasteiger partial charge >= 0.3 is 5.97 Å². The number of likely N-dealkylation sites (tertiary alicyclic amines) is 1. The van der Waals surface area contributed by atoms with Crippen molar-refractivity contribution in [2.75, 3.05) is 19.6 Å². The zero-order valence-corrected chi connectivity index (χ0v) is 9.91. The summed E-state index contributed by atoms with van der Waals surface area (Å²) in [6.07, 6.45) is 3.58. The lowest BCUT2D eigenvalue weighted by atomic mass is 9.95. The van der Waals surface area contributed by atoms with E-state index in [-0.39, 0.29) is 0 Å². The van der Waals surface area contributed by atoms with Crippen LogP contribution in [0.3, 0.4) is 0 Å². The molecule has 0 aromatic carbocycles. The summed E-state index contributed by atoms with van der Waals surface area (Å²) in [5, 5.41) is 8.55. The first-order valence-electron chi connectivity index (χ1n) is 6.06. The third-order valence-corrected chi connectivity index (χ3v) is 3.40. The van der Waals surface area contributed by atoms with Gasteiger partial charge in [-0.2, -0.15) is 0 Å². The number of carboxylic acids is 1. The molecule has 1 unspecified atom stereocenters. The van der Waals surface area contributed by atoms with E-state index in [0.29, 0.717) is 12.3 Å². The van der Waals surface area contributed by atoms with Crippen molar-refractivity contribution in [2.45, 2.75) is 39.5 Å². The van der Waals surface area contributed by atoms with Crippen LogP contribution in [0.25, 0.3) is 0 Å². The van der Waals surface area contributed by atoms with Crippen LogP contribution in [0.4, 0.5) is 0 Å². The van der Waals surface area contributed by atoms with Gasteiger partial charge in [0.2, 0.25) is 0 Å². The smallest absolute Gasteiger partial charge is 0.303 e. The summed E-state index contributed by atoms with van der Waals surface area (Å²) >= 11 is 0. The molecule has 0 aromatic rings. The molecule has 0 aromatic heterocycles. The molecule has 3 nitrogen and oxygen atoms in total. The van der Waals surface area contributed by atoms with Crippen molar-refractivity contribution in [3.63, 3.8) is 0 Å². The van der Waals surface area contributed by atoms with Gasteiger partial charge in [-0.25, -0.2) is 0 Å². The summed E-state index contributed by atoms with van der Waals surface area (Å²) in [6.45, 7) is 8.05. The number of nitrogens with zero attached hydrogens (tertiary/aromatic N) is 1. The maximum atomic E-state index is 10.4. The van der Waals surface area contributed by atoms with E-state index in [1.165, 1.54) is 19.5 Å². The van der Waals surface area contributed by atoms with Crippen LogP contribution in [0.15, 0.2) is 0 Å². The first-order chi connectivity index (χ1) is 7.11. The molecule has 0 saturated carbocycles. The third-order valence-electron chi connectivity index (χ3n) is 3.40. The van der Waals surface area contributed by atoms with E-state index in [4.69, 9.17) is 5.11 Å². The minimum absolute atomic E-state index is 0.318. The Kier molecular flexibility index (Phi) is 5.09. The Balaban J connectivity index is 1.98. The largest absolute Gasteiger partial charge is 0.481 e. The highest BCUT2D eigenvalue weighted by Crippen LogP contribution is 2.20. The summed E-state index contributed by atoms with van der Waals surface area (Å²) in [4.78, 5) is 12.9. The summed E-state index contributed by atoms with van der Waals surface area (Å²) in [6, 6.07) is 0. The number of rotatable bonds is 7. The maximum absolute atomic E-state index is 10.4. The van der Waals surface area contributed by atoms with Crippen molar-refractivity contribution in [1.29, 1.82) is 0 Å². The molecule has 1 atom stereocenters. The average Bonchev–Trinajstić information content (AvgIpc) is 2.12. The summed E-state index contributed by atoms with van der Waals surface area (Å²) in [7, 11) is 0. The fourth-order valence-electron chi connectivity index (χ4n) is 2.03. The number of carboxylic acid groups (broad SMARTS) is 1. The Hall–Kier alpha value is -0.570. The van der Waals surface area contributed by atoms with Crippen LogP contribution in [-0.2, 0) is 4.79 Å². The van der Waals surface area contributed by atoms with E-state index >= 15 is 0 Å². The Morgan fingerprint density at radius 1 is 1.47 bits per heavy atom. The van der Waals surface area contributed by atoms with Crippen molar-refractivity contribution >= 4 is 5.97 Å². The third kappa shape index (κ3) is 4.65. The van der Waals surface area contributed by atoms with E-state index in [9.17, 15) is 4.79 Å². The van der Waals surface area contributed by atoms with Gasteiger partial charge in [0.1, 0.15) is 0 Å². The molecule has 0 aliphatic carbocycles. The lowest BCUT2D eigenvalue weighted by molar-refractivity contribution is -0.137. The second-order valence-electron chi connectivity index (χ2n) is 4.86. The van der Waals surface area contributed by atoms with Gasteiger partial charge in [0.25, 0.3) is 0 Å². The fraction of sp³-hybridized carbons (Fsp3) is 0.917. The molecule has 1 fully saturated rings. The van der Waals surface area contributed by atoms with Gasteiger partial charge < -0.3 is 10.0 Å². The second-order valence-corrected chi connectivity index (χ2v) is 4.86. The van der Waals surface area contributed by atoms with Crippen LogP contribution in [0, 0.1) is 11.8 Å². The van der Waals surface area contributed by atoms with Crippen molar-refractivity contribution < 1.29 is 9.90 Å². The van der Waals surface area contributed by atoms with Crippen LogP contribution in [-0.4, -0.2) is 35.6 Å². The standard InChI is InChI=1S/C12H23NO2/c1-3-11-8-13(9-11)7-6-10(2)4-5-12(14)15/h10-11H,3-9H2,1-2H3,(H,14,15). The minimum Gasteiger partial charge on any atom is -0.481 e. The van der Waals surface area contributed by atoms with Gasteiger partial charge in [-0.3, -0.25) is 4.79 Å². The summed E-state index contributed by atoms with van der Waals surface area (Å²) in [5.74, 6) is 0.790. The monoisotopic (exact) mass is 213 g/mol. The molecule has 0 spiro atoms. The fourth-order valence-corrected chi connectivity index (χ4v) is 2.03. The molecule has 15 heavy (non-hydrogen) atoms. The quantitative estimate of drug-likeness (QED) is 0.705. The van der Waals surface area contributed by atoms with E-state index in [1.807, 2.05) is 0 Å². The van der Waals surface area contributed by atoms with Crippen molar-refractivity contribution in [3.8, 4) is 0 Å². The predicted molar refractivity (Wildman–Crippen MR) is 60.9 cm³/mol. The van der Waals surface area contributed by atoms with Crippen LogP contribution >= 0.6 is 0 Å². The molecule has 0 amide bonds. The molecule has 0 bridgehead atoms. The van der Waals surface area contributed by atoms with Gasteiger partial charge in [0, 0.05) is 19.5 Å². The van der Waals surface area contributed by atoms with Crippen molar-refractivity contribution in [1.82, 2.24) is 4.90 Å². The van der Waals surface area contributed by atoms with Gasteiger partial charge in [-0.1, -0.05) is 20.3 Å². The zero-order chi connectivity index (χ0) is 11.3. The Bertz CT molecular complexity index is 200. The lowest BCUT2D eigenvalue weighted by Gasteiger charge is -2.39. The van der Waals surface area contributed by atoms with E-state index in [2.05, 4.69) is 18.7 Å². The number of carbonyl (C=O) groups is 1. The zero-order valence-electron chi connectivity index (χ0n) is 9.91. The molecule has 3 heteroatoms. The number of hydrogen-bond donors (Lipinski definition) is 1. The van der Waals surface area contributed by atoms with Gasteiger partial charge in [-0.15, -0.1) is 0 Å². The molecule has 1 aliphatic heterocycles. The minimum atomic E-state index is -0.670. The highest BCUT2D eigenvalue weighted by Gasteiger charge is 2.24. The lowest BCUT2D eigenvalue weighted by Crippen LogP contribution is -2.46. The molecule has 1 aliphatic rings. The van der Waals surface area contributed by atoms with Crippen molar-refractivity contribution in [2.24, 2.45) is 11.8 Å². The summed E-state index contributed by atoms with van der Waals surface area (Å²) < 4.78 is 0. The van der Waals surface area contributed by atoms with E-state index < -0.39 is 5.97 Å². The van der Waals surface area contributed by atoms with Crippen LogP contribution in [0.5, 0.6) is 0 Å². The van der Waals surface area contributed by atoms with Crippen LogP contribution < -0.4 is 0 Å². The molecule has 1 rings (SSSR count). The Morgan fingerprint density at radius 2 is 2.13 bits per heavy atom. The predicted octanol–water partition coefficient (Wildman–Crippen LogP) is 2.22. The first kappa shape index (κ1) is 12.5. The Labute approximate surface area is 92.5 Å². The molecule has 0 radical (unpaired) electrons. The van der Waals surface area contributed by atoms with Crippen LogP contribution in [0.2, 0.25) is 0 Å². The van der Waals surface area contributed by atoms with E-state index in [0.717, 1.165) is 25.3 Å². The normalized spacial score (nSPS) is 19.9. The first-order valence-corrected chi connectivity index (χ1v) is 6.06. The summed E-state index contributed by atoms with van der Waals surface area (Å²) in [5.41, 5.74) is 0. The molecule has 88 valence electrons. The van der Waals surface area contributed by atoms with E-state index in [1.54, 1.807) is 0 Å². The topological polar surface area (TPSA) is 40.5 Å². The van der Waals surface area contributed by atoms with Gasteiger partial charge in [0.05, 0.1) is 0 Å².